The quantitative estimate of drug-likeness (QED) is 0.590. The fraction of sp³-hybridized carbons (Fsp3) is 0.105. The van der Waals surface area contributed by atoms with Crippen LogP contribution in [0.25, 0.3) is 21.5 Å². The van der Waals surface area contributed by atoms with Gasteiger partial charge in [0, 0.05) is 51.7 Å². The van der Waals surface area contributed by atoms with Crippen LogP contribution in [0.2, 0.25) is 0 Å². The number of hydrogen-bond acceptors (Lipinski definition) is 5. The average Bonchev–Trinajstić information content (AvgIpc) is 3.06. The minimum atomic E-state index is 0.690. The van der Waals surface area contributed by atoms with E-state index < -0.39 is 0 Å². The Labute approximate surface area is 144 Å². The van der Waals surface area contributed by atoms with E-state index in [0.29, 0.717) is 6.54 Å². The first-order valence-corrected chi connectivity index (χ1v) is 8.62. The fourth-order valence-corrected chi connectivity index (χ4v) is 3.53. The molecule has 0 unspecified atom stereocenters. The monoisotopic (exact) mass is 332 g/mol. The van der Waals surface area contributed by atoms with Crippen molar-refractivity contribution in [3.05, 3.63) is 71.5 Å². The van der Waals surface area contributed by atoms with Crippen LogP contribution in [0.4, 0.5) is 5.82 Å². The Hall–Kier alpha value is -2.79. The summed E-state index contributed by atoms with van der Waals surface area (Å²) in [7, 11) is 0. The van der Waals surface area contributed by atoms with Crippen molar-refractivity contribution in [1.29, 1.82) is 0 Å². The van der Waals surface area contributed by atoms with E-state index in [-0.39, 0.29) is 0 Å². The van der Waals surface area contributed by atoms with Crippen LogP contribution in [0.1, 0.15) is 11.1 Å². The molecule has 0 aliphatic rings. The minimum absolute atomic E-state index is 0.690. The number of thiophene rings is 1. The number of aromatic nitrogens is 3. The predicted molar refractivity (Wildman–Crippen MR) is 99.2 cm³/mol. The van der Waals surface area contributed by atoms with Crippen LogP contribution >= 0.6 is 11.3 Å². The van der Waals surface area contributed by atoms with E-state index in [9.17, 15) is 0 Å². The lowest BCUT2D eigenvalue weighted by molar-refractivity contribution is 1.05. The third kappa shape index (κ3) is 2.86. The third-order valence-corrected chi connectivity index (χ3v) is 4.84. The Balaban J connectivity index is 1.66. The molecule has 0 aliphatic heterocycles. The van der Waals surface area contributed by atoms with E-state index in [1.807, 2.05) is 37.5 Å². The Kier molecular flexibility index (Phi) is 3.92. The van der Waals surface area contributed by atoms with Crippen molar-refractivity contribution in [2.75, 3.05) is 5.32 Å². The van der Waals surface area contributed by atoms with E-state index in [0.717, 1.165) is 28.3 Å². The summed E-state index contributed by atoms with van der Waals surface area (Å²) in [6.45, 7) is 2.70. The van der Waals surface area contributed by atoms with E-state index in [4.69, 9.17) is 4.98 Å². The van der Waals surface area contributed by atoms with Crippen LogP contribution in [-0.2, 0) is 6.54 Å². The van der Waals surface area contributed by atoms with Gasteiger partial charge in [0.2, 0.25) is 0 Å². The molecular weight excluding hydrogens is 316 g/mol. The van der Waals surface area contributed by atoms with Crippen molar-refractivity contribution in [2.24, 2.45) is 0 Å². The number of nitrogens with one attached hydrogen (secondary N) is 1. The molecule has 118 valence electrons. The molecule has 0 atom stereocenters. The van der Waals surface area contributed by atoms with Crippen molar-refractivity contribution in [3.63, 3.8) is 0 Å². The van der Waals surface area contributed by atoms with Gasteiger partial charge in [0.15, 0.2) is 5.82 Å². The molecule has 0 saturated heterocycles. The van der Waals surface area contributed by atoms with Crippen molar-refractivity contribution >= 4 is 27.2 Å². The van der Waals surface area contributed by atoms with Gasteiger partial charge in [-0.2, -0.15) is 0 Å². The second-order valence-electron chi connectivity index (χ2n) is 5.59. The van der Waals surface area contributed by atoms with Crippen LogP contribution < -0.4 is 5.32 Å². The summed E-state index contributed by atoms with van der Waals surface area (Å²) in [6.07, 6.45) is 5.51. The summed E-state index contributed by atoms with van der Waals surface area (Å²) in [4.78, 5) is 13.4. The van der Waals surface area contributed by atoms with E-state index in [1.165, 1.54) is 10.1 Å². The van der Waals surface area contributed by atoms with Crippen molar-refractivity contribution in [2.45, 2.75) is 13.5 Å². The molecule has 0 aliphatic carbocycles. The lowest BCUT2D eigenvalue weighted by Crippen LogP contribution is -2.05. The maximum absolute atomic E-state index is 4.74. The van der Waals surface area contributed by atoms with E-state index in [1.54, 1.807) is 17.5 Å². The Morgan fingerprint density at radius 2 is 2.00 bits per heavy atom. The Morgan fingerprint density at radius 1 is 1.08 bits per heavy atom. The van der Waals surface area contributed by atoms with Gasteiger partial charge < -0.3 is 5.32 Å². The van der Waals surface area contributed by atoms with Crippen LogP contribution in [0, 0.1) is 6.92 Å². The number of fused-ring (bicyclic) bond motifs is 1. The van der Waals surface area contributed by atoms with E-state index >= 15 is 0 Å². The zero-order chi connectivity index (χ0) is 16.4. The van der Waals surface area contributed by atoms with Gasteiger partial charge in [-0.25, -0.2) is 9.97 Å². The lowest BCUT2D eigenvalue weighted by atomic mass is 10.1. The number of benzene rings is 1. The lowest BCUT2D eigenvalue weighted by Gasteiger charge is -2.09. The van der Waals surface area contributed by atoms with E-state index in [2.05, 4.69) is 38.9 Å². The van der Waals surface area contributed by atoms with Gasteiger partial charge in [-0.05, 0) is 24.6 Å². The van der Waals surface area contributed by atoms with Gasteiger partial charge in [-0.1, -0.05) is 24.3 Å². The van der Waals surface area contributed by atoms with Gasteiger partial charge >= 0.3 is 0 Å². The van der Waals surface area contributed by atoms with Crippen LogP contribution in [0.5, 0.6) is 0 Å². The molecule has 1 aromatic carbocycles. The molecule has 4 aromatic rings. The molecule has 0 fully saturated rings. The summed E-state index contributed by atoms with van der Waals surface area (Å²) < 4.78 is 1.25. The average molecular weight is 332 g/mol. The number of hydrogen-bond donors (Lipinski definition) is 1. The fourth-order valence-electron chi connectivity index (χ4n) is 2.59. The summed E-state index contributed by atoms with van der Waals surface area (Å²) in [6, 6.07) is 12.3. The molecule has 24 heavy (non-hydrogen) atoms. The summed E-state index contributed by atoms with van der Waals surface area (Å²) >= 11 is 1.72. The first-order valence-electron chi connectivity index (χ1n) is 7.74. The third-order valence-electron chi connectivity index (χ3n) is 3.88. The molecule has 0 amide bonds. The number of nitrogens with zero attached hydrogens (tertiary/aromatic N) is 3. The molecular formula is C19H16N4S. The SMILES string of the molecule is Cc1cnc(-c2csc3ccccc23)nc1NCc1cccnc1. The Morgan fingerprint density at radius 3 is 2.88 bits per heavy atom. The van der Waals surface area contributed by atoms with Crippen LogP contribution in [-0.4, -0.2) is 15.0 Å². The highest BCUT2D eigenvalue weighted by atomic mass is 32.1. The molecule has 3 aromatic heterocycles. The molecule has 3 heterocycles. The number of aryl methyl sites for hydroxylation is 1. The first-order chi connectivity index (χ1) is 11.8. The van der Waals surface area contributed by atoms with Crippen molar-refractivity contribution < 1.29 is 0 Å². The number of pyridine rings is 1. The first kappa shape index (κ1) is 14.8. The van der Waals surface area contributed by atoms with Gasteiger partial charge in [0.25, 0.3) is 0 Å². The maximum Gasteiger partial charge on any atom is 0.162 e. The second kappa shape index (κ2) is 6.37. The zero-order valence-electron chi connectivity index (χ0n) is 13.2. The topological polar surface area (TPSA) is 50.7 Å². The summed E-state index contributed by atoms with van der Waals surface area (Å²) in [5.74, 6) is 1.62. The predicted octanol–water partition coefficient (Wildman–Crippen LogP) is 4.67. The Bertz CT molecular complexity index is 979. The number of anilines is 1. The molecule has 5 heteroatoms. The highest BCUT2D eigenvalue weighted by Gasteiger charge is 2.11. The van der Waals surface area contributed by atoms with Gasteiger partial charge in [-0.15, -0.1) is 11.3 Å². The zero-order valence-corrected chi connectivity index (χ0v) is 14.0. The molecule has 0 bridgehead atoms. The van der Waals surface area contributed by atoms with Crippen LogP contribution in [0.15, 0.2) is 60.4 Å². The van der Waals surface area contributed by atoms with Gasteiger partial charge in [-0.3, -0.25) is 4.98 Å². The van der Waals surface area contributed by atoms with Crippen LogP contribution in [0.3, 0.4) is 0 Å². The normalized spacial score (nSPS) is 10.9. The molecule has 0 radical (unpaired) electrons. The smallest absolute Gasteiger partial charge is 0.162 e. The van der Waals surface area contributed by atoms with Gasteiger partial charge in [0.1, 0.15) is 5.82 Å². The van der Waals surface area contributed by atoms with Crippen molar-refractivity contribution in [1.82, 2.24) is 15.0 Å². The highest BCUT2D eigenvalue weighted by Crippen LogP contribution is 2.32. The highest BCUT2D eigenvalue weighted by molar-refractivity contribution is 7.17. The minimum Gasteiger partial charge on any atom is -0.366 e. The summed E-state index contributed by atoms with van der Waals surface area (Å²) in [5.41, 5.74) is 3.24. The molecule has 0 spiro atoms. The second-order valence-corrected chi connectivity index (χ2v) is 6.50. The standard InChI is InChI=1S/C19H16N4S/c1-13-9-21-19(16-12-24-17-7-3-2-6-15(16)17)23-18(13)22-11-14-5-4-8-20-10-14/h2-10,12H,11H2,1H3,(H,21,22,23). The largest absolute Gasteiger partial charge is 0.366 e. The molecule has 0 saturated carbocycles. The summed E-state index contributed by atoms with van der Waals surface area (Å²) in [5, 5.41) is 6.72. The molecule has 4 rings (SSSR count). The maximum atomic E-state index is 4.74. The van der Waals surface area contributed by atoms with Crippen molar-refractivity contribution in [3.8, 4) is 11.4 Å². The molecule has 1 N–H and O–H groups in total. The number of rotatable bonds is 4. The molecule has 4 nitrogen and oxygen atoms in total. The van der Waals surface area contributed by atoms with Gasteiger partial charge in [0.05, 0.1) is 0 Å².